The number of carboxylic acids is 1. The molecule has 0 unspecified atom stereocenters. The topological polar surface area (TPSA) is 61.8 Å². The number of carbonyl (C=O) groups is 1. The molecule has 0 aliphatic heterocycles. The molecule has 0 atom stereocenters. The van der Waals surface area contributed by atoms with Crippen molar-refractivity contribution in [3.05, 3.63) is 54.1 Å². The summed E-state index contributed by atoms with van der Waals surface area (Å²) in [4.78, 5) is 13.4. The van der Waals surface area contributed by atoms with Gasteiger partial charge in [-0.25, -0.2) is 0 Å². The molecular formula is C24H30N2O3. The van der Waals surface area contributed by atoms with E-state index in [4.69, 9.17) is 4.74 Å². The summed E-state index contributed by atoms with van der Waals surface area (Å²) in [7, 11) is 1.72. The highest BCUT2D eigenvalue weighted by molar-refractivity contribution is 5.69. The van der Waals surface area contributed by atoms with Gasteiger partial charge in [-0.3, -0.25) is 9.69 Å². The molecule has 0 heterocycles. The highest BCUT2D eigenvalue weighted by Gasteiger charge is 2.36. The smallest absolute Gasteiger partial charge is 0.317 e. The zero-order chi connectivity index (χ0) is 20.2. The molecule has 2 aromatic rings. The number of methoxy groups -OCH3 is 1. The number of nitrogens with zero attached hydrogens (tertiary/aromatic N) is 1. The van der Waals surface area contributed by atoms with Crippen molar-refractivity contribution in [2.45, 2.75) is 44.3 Å². The van der Waals surface area contributed by atoms with Crippen LogP contribution in [0.4, 0.5) is 0 Å². The fourth-order valence-corrected chi connectivity index (χ4v) is 4.16. The van der Waals surface area contributed by atoms with Gasteiger partial charge in [-0.05, 0) is 48.8 Å². The van der Waals surface area contributed by atoms with E-state index in [1.165, 1.54) is 18.4 Å². The second-order valence-electron chi connectivity index (χ2n) is 8.36. The van der Waals surface area contributed by atoms with Crippen molar-refractivity contribution in [2.24, 2.45) is 5.92 Å². The zero-order valence-corrected chi connectivity index (χ0v) is 17.0. The van der Waals surface area contributed by atoms with Gasteiger partial charge in [0.1, 0.15) is 5.75 Å². The van der Waals surface area contributed by atoms with Gasteiger partial charge in [-0.1, -0.05) is 42.5 Å². The third kappa shape index (κ3) is 5.17. The van der Waals surface area contributed by atoms with E-state index in [2.05, 4.69) is 40.5 Å². The summed E-state index contributed by atoms with van der Waals surface area (Å²) in [5.41, 5.74) is 3.48. The standard InChI is InChI=1S/C24H30N2O3/c1-29-23-11-19(18-5-3-2-4-6-18)9-10-20(23)14-25-21-12-22(13-21)26(16-24(27)28)15-17-7-8-17/h2-6,9-11,17,21-22,25H,7-8,12-16H2,1H3,(H,27,28). The fourth-order valence-electron chi connectivity index (χ4n) is 4.16. The number of hydrogen-bond acceptors (Lipinski definition) is 4. The Kier molecular flexibility index (Phi) is 6.16. The molecule has 2 saturated carbocycles. The Labute approximate surface area is 172 Å². The minimum absolute atomic E-state index is 0.169. The van der Waals surface area contributed by atoms with Crippen LogP contribution in [0.3, 0.4) is 0 Å². The van der Waals surface area contributed by atoms with Gasteiger partial charge in [0.25, 0.3) is 0 Å². The van der Waals surface area contributed by atoms with E-state index in [1.54, 1.807) is 7.11 Å². The maximum absolute atomic E-state index is 11.2. The van der Waals surface area contributed by atoms with Crippen LogP contribution in [0, 0.1) is 5.92 Å². The maximum atomic E-state index is 11.2. The molecule has 0 aromatic heterocycles. The van der Waals surface area contributed by atoms with Gasteiger partial charge >= 0.3 is 5.97 Å². The van der Waals surface area contributed by atoms with Crippen LogP contribution in [-0.4, -0.2) is 48.3 Å². The normalized spacial score (nSPS) is 21.0. The summed E-state index contributed by atoms with van der Waals surface area (Å²) in [5, 5.41) is 12.8. The minimum atomic E-state index is -0.717. The number of rotatable bonds is 10. The Morgan fingerprint density at radius 3 is 2.55 bits per heavy atom. The molecule has 0 radical (unpaired) electrons. The Balaban J connectivity index is 1.31. The molecule has 2 fully saturated rings. The lowest BCUT2D eigenvalue weighted by Crippen LogP contribution is -2.54. The zero-order valence-electron chi connectivity index (χ0n) is 17.0. The largest absolute Gasteiger partial charge is 0.496 e. The summed E-state index contributed by atoms with van der Waals surface area (Å²) in [6.45, 7) is 1.87. The molecule has 5 nitrogen and oxygen atoms in total. The number of benzene rings is 2. The molecule has 5 heteroatoms. The summed E-state index contributed by atoms with van der Waals surface area (Å²) in [5.74, 6) is 0.898. The highest BCUT2D eigenvalue weighted by atomic mass is 16.5. The number of hydrogen-bond donors (Lipinski definition) is 2. The van der Waals surface area contributed by atoms with Crippen molar-refractivity contribution in [2.75, 3.05) is 20.2 Å². The van der Waals surface area contributed by atoms with E-state index < -0.39 is 5.97 Å². The van der Waals surface area contributed by atoms with E-state index in [9.17, 15) is 9.90 Å². The van der Waals surface area contributed by atoms with E-state index in [0.29, 0.717) is 18.0 Å². The van der Waals surface area contributed by atoms with Crippen LogP contribution in [0.15, 0.2) is 48.5 Å². The van der Waals surface area contributed by atoms with Gasteiger partial charge in [0.2, 0.25) is 0 Å². The lowest BCUT2D eigenvalue weighted by Gasteiger charge is -2.43. The van der Waals surface area contributed by atoms with E-state index in [0.717, 1.165) is 42.8 Å². The molecular weight excluding hydrogens is 364 g/mol. The van der Waals surface area contributed by atoms with Crippen molar-refractivity contribution in [1.82, 2.24) is 10.2 Å². The predicted octanol–water partition coefficient (Wildman–Crippen LogP) is 3.78. The number of carboxylic acid groups (broad SMARTS) is 1. The summed E-state index contributed by atoms with van der Waals surface area (Å²) >= 11 is 0. The molecule has 0 saturated heterocycles. The second-order valence-corrected chi connectivity index (χ2v) is 8.36. The third-order valence-electron chi connectivity index (χ3n) is 6.13. The molecule has 4 rings (SSSR count). The van der Waals surface area contributed by atoms with Crippen LogP contribution in [-0.2, 0) is 11.3 Å². The Morgan fingerprint density at radius 1 is 1.14 bits per heavy atom. The van der Waals surface area contributed by atoms with Gasteiger partial charge in [0.05, 0.1) is 13.7 Å². The number of nitrogens with one attached hydrogen (secondary N) is 1. The lowest BCUT2D eigenvalue weighted by molar-refractivity contribution is -0.139. The molecule has 2 aliphatic rings. The van der Waals surface area contributed by atoms with Crippen LogP contribution < -0.4 is 10.1 Å². The van der Waals surface area contributed by atoms with Crippen molar-refractivity contribution in [3.63, 3.8) is 0 Å². The fraction of sp³-hybridized carbons (Fsp3) is 0.458. The molecule has 2 aromatic carbocycles. The van der Waals surface area contributed by atoms with Crippen LogP contribution >= 0.6 is 0 Å². The Morgan fingerprint density at radius 2 is 1.90 bits per heavy atom. The van der Waals surface area contributed by atoms with Gasteiger partial charge in [-0.15, -0.1) is 0 Å². The summed E-state index contributed by atoms with van der Waals surface area (Å²) in [6, 6.07) is 17.5. The SMILES string of the molecule is COc1cc(-c2ccccc2)ccc1CNC1CC(N(CC(=O)O)CC2CC2)C1. The summed E-state index contributed by atoms with van der Waals surface area (Å²) < 4.78 is 5.63. The maximum Gasteiger partial charge on any atom is 0.317 e. The van der Waals surface area contributed by atoms with Crippen LogP contribution in [0.5, 0.6) is 5.75 Å². The highest BCUT2D eigenvalue weighted by Crippen LogP contribution is 2.34. The quantitative estimate of drug-likeness (QED) is 0.642. The average Bonchev–Trinajstić information content (AvgIpc) is 3.51. The molecule has 154 valence electrons. The minimum Gasteiger partial charge on any atom is -0.496 e. The first-order valence-electron chi connectivity index (χ1n) is 10.5. The summed E-state index contributed by atoms with van der Waals surface area (Å²) in [6.07, 6.45) is 4.54. The van der Waals surface area contributed by atoms with Crippen molar-refractivity contribution in [3.8, 4) is 16.9 Å². The van der Waals surface area contributed by atoms with Crippen LogP contribution in [0.25, 0.3) is 11.1 Å². The van der Waals surface area contributed by atoms with Crippen molar-refractivity contribution >= 4 is 5.97 Å². The van der Waals surface area contributed by atoms with Crippen molar-refractivity contribution in [1.29, 1.82) is 0 Å². The predicted molar refractivity (Wildman–Crippen MR) is 114 cm³/mol. The molecule has 2 aliphatic carbocycles. The van der Waals surface area contributed by atoms with E-state index in [-0.39, 0.29) is 6.54 Å². The van der Waals surface area contributed by atoms with Gasteiger partial charge in [0.15, 0.2) is 0 Å². The molecule has 0 amide bonds. The van der Waals surface area contributed by atoms with Gasteiger partial charge in [0, 0.05) is 30.7 Å². The van der Waals surface area contributed by atoms with E-state index >= 15 is 0 Å². The Bertz CT molecular complexity index is 829. The molecule has 0 bridgehead atoms. The van der Waals surface area contributed by atoms with Gasteiger partial charge in [-0.2, -0.15) is 0 Å². The number of ether oxygens (including phenoxy) is 1. The molecule has 0 spiro atoms. The van der Waals surface area contributed by atoms with Crippen LogP contribution in [0.2, 0.25) is 0 Å². The second kappa shape index (κ2) is 8.97. The van der Waals surface area contributed by atoms with Crippen LogP contribution in [0.1, 0.15) is 31.2 Å². The first-order valence-corrected chi connectivity index (χ1v) is 10.5. The van der Waals surface area contributed by atoms with Crippen molar-refractivity contribution < 1.29 is 14.6 Å². The number of aliphatic carboxylic acids is 1. The Hall–Kier alpha value is -2.37. The van der Waals surface area contributed by atoms with Gasteiger partial charge < -0.3 is 15.2 Å². The van der Waals surface area contributed by atoms with E-state index in [1.807, 2.05) is 18.2 Å². The monoisotopic (exact) mass is 394 g/mol. The lowest BCUT2D eigenvalue weighted by atomic mass is 9.85. The third-order valence-corrected chi connectivity index (χ3v) is 6.13. The molecule has 2 N–H and O–H groups in total. The first kappa shape index (κ1) is 19.9. The molecule has 29 heavy (non-hydrogen) atoms. The first-order chi connectivity index (χ1) is 14.1. The average molecular weight is 395 g/mol.